The molecule has 3 heteroatoms. The molecule has 1 aliphatic carbocycles. The van der Waals surface area contributed by atoms with E-state index in [0.29, 0.717) is 12.6 Å². The van der Waals surface area contributed by atoms with Crippen molar-refractivity contribution in [2.45, 2.75) is 31.9 Å². The Hall–Kier alpha value is -0.120. The summed E-state index contributed by atoms with van der Waals surface area (Å²) < 4.78 is 5.09. The average Bonchev–Trinajstić information content (AvgIpc) is 2.79. The Morgan fingerprint density at radius 2 is 2.25 bits per heavy atom. The van der Waals surface area contributed by atoms with Crippen molar-refractivity contribution in [1.82, 2.24) is 5.32 Å². The summed E-state index contributed by atoms with van der Waals surface area (Å²) in [5.74, 6) is 0.781. The first-order valence-electron chi connectivity index (χ1n) is 4.64. The second kappa shape index (κ2) is 4.80. The Morgan fingerprint density at radius 3 is 2.67 bits per heavy atom. The summed E-state index contributed by atoms with van der Waals surface area (Å²) >= 11 is 0. The van der Waals surface area contributed by atoms with E-state index < -0.39 is 0 Å². The number of hydrogen-bond acceptors (Lipinski definition) is 3. The zero-order valence-corrected chi connectivity index (χ0v) is 7.92. The Morgan fingerprint density at radius 1 is 1.58 bits per heavy atom. The molecule has 3 nitrogen and oxygen atoms in total. The van der Waals surface area contributed by atoms with Gasteiger partial charge in [0.25, 0.3) is 0 Å². The average molecular weight is 173 g/mol. The van der Waals surface area contributed by atoms with Crippen molar-refractivity contribution in [3.63, 3.8) is 0 Å². The van der Waals surface area contributed by atoms with Gasteiger partial charge in [0.2, 0.25) is 0 Å². The highest BCUT2D eigenvalue weighted by Crippen LogP contribution is 2.32. The van der Waals surface area contributed by atoms with Gasteiger partial charge in [0.1, 0.15) is 0 Å². The Balaban J connectivity index is 2.13. The summed E-state index contributed by atoms with van der Waals surface area (Å²) in [6.07, 6.45) is 2.35. The van der Waals surface area contributed by atoms with Gasteiger partial charge in [-0.05, 0) is 25.7 Å². The van der Waals surface area contributed by atoms with E-state index >= 15 is 0 Å². The van der Waals surface area contributed by atoms with E-state index in [-0.39, 0.29) is 6.10 Å². The van der Waals surface area contributed by atoms with Crippen LogP contribution in [0.5, 0.6) is 0 Å². The number of ether oxygens (including phenoxy) is 1. The smallest absolute Gasteiger partial charge is 0.0636 e. The first-order valence-corrected chi connectivity index (χ1v) is 4.64. The molecule has 1 saturated carbocycles. The molecule has 2 N–H and O–H groups in total. The summed E-state index contributed by atoms with van der Waals surface area (Å²) in [5.41, 5.74) is 0. The number of hydrogen-bond donors (Lipinski definition) is 2. The van der Waals surface area contributed by atoms with Gasteiger partial charge in [-0.15, -0.1) is 0 Å². The van der Waals surface area contributed by atoms with E-state index in [1.54, 1.807) is 14.0 Å². The van der Waals surface area contributed by atoms with Crippen molar-refractivity contribution in [1.29, 1.82) is 0 Å². The molecule has 0 amide bonds. The van der Waals surface area contributed by atoms with E-state index in [9.17, 15) is 0 Å². The van der Waals surface area contributed by atoms with Crippen molar-refractivity contribution in [2.75, 3.05) is 20.3 Å². The van der Waals surface area contributed by atoms with Crippen LogP contribution < -0.4 is 5.32 Å². The van der Waals surface area contributed by atoms with Gasteiger partial charge in [-0.1, -0.05) is 0 Å². The summed E-state index contributed by atoms with van der Waals surface area (Å²) in [5, 5.41) is 12.4. The molecule has 0 aliphatic heterocycles. The molecule has 0 bridgehead atoms. The van der Waals surface area contributed by atoms with Gasteiger partial charge >= 0.3 is 0 Å². The number of nitrogens with one attached hydrogen (secondary N) is 1. The third-order valence-electron chi connectivity index (χ3n) is 2.21. The van der Waals surface area contributed by atoms with Crippen LogP contribution in [0.3, 0.4) is 0 Å². The van der Waals surface area contributed by atoms with E-state index in [4.69, 9.17) is 9.84 Å². The Kier molecular flexibility index (Phi) is 3.98. The highest BCUT2D eigenvalue weighted by atomic mass is 16.5. The molecule has 2 atom stereocenters. The normalized spacial score (nSPS) is 22.2. The SMILES string of the molecule is COCC(NCC(C)O)C1CC1. The summed E-state index contributed by atoms with van der Waals surface area (Å²) in [4.78, 5) is 0. The topological polar surface area (TPSA) is 41.5 Å². The van der Waals surface area contributed by atoms with Gasteiger partial charge in [0.15, 0.2) is 0 Å². The molecule has 12 heavy (non-hydrogen) atoms. The monoisotopic (exact) mass is 173 g/mol. The zero-order valence-electron chi connectivity index (χ0n) is 7.92. The van der Waals surface area contributed by atoms with E-state index in [1.165, 1.54) is 12.8 Å². The molecule has 0 saturated heterocycles. The van der Waals surface area contributed by atoms with Crippen LogP contribution in [0.1, 0.15) is 19.8 Å². The Labute approximate surface area is 74.1 Å². The fourth-order valence-corrected chi connectivity index (χ4v) is 1.36. The lowest BCUT2D eigenvalue weighted by atomic mass is 10.2. The first-order chi connectivity index (χ1) is 5.74. The van der Waals surface area contributed by atoms with Gasteiger partial charge in [-0.25, -0.2) is 0 Å². The van der Waals surface area contributed by atoms with Gasteiger partial charge in [-0.2, -0.15) is 0 Å². The van der Waals surface area contributed by atoms with Gasteiger partial charge in [-0.3, -0.25) is 0 Å². The molecule has 0 heterocycles. The van der Waals surface area contributed by atoms with E-state index in [1.807, 2.05) is 0 Å². The first kappa shape index (κ1) is 9.96. The van der Waals surface area contributed by atoms with Crippen LogP contribution in [-0.2, 0) is 4.74 Å². The number of rotatable bonds is 6. The van der Waals surface area contributed by atoms with E-state index in [0.717, 1.165) is 12.5 Å². The largest absolute Gasteiger partial charge is 0.392 e. The van der Waals surface area contributed by atoms with Crippen LogP contribution in [0.2, 0.25) is 0 Å². The van der Waals surface area contributed by atoms with Crippen LogP contribution in [0.25, 0.3) is 0 Å². The second-order valence-corrected chi connectivity index (χ2v) is 3.66. The van der Waals surface area contributed by atoms with Crippen molar-refractivity contribution in [2.24, 2.45) is 5.92 Å². The van der Waals surface area contributed by atoms with Gasteiger partial charge < -0.3 is 15.2 Å². The van der Waals surface area contributed by atoms with Crippen molar-refractivity contribution < 1.29 is 9.84 Å². The predicted octanol–water partition coefficient (Wildman–Crippen LogP) is 0.382. The lowest BCUT2D eigenvalue weighted by molar-refractivity contribution is 0.138. The fourth-order valence-electron chi connectivity index (χ4n) is 1.36. The molecule has 2 unspecified atom stereocenters. The van der Waals surface area contributed by atoms with Crippen LogP contribution in [0, 0.1) is 5.92 Å². The minimum absolute atomic E-state index is 0.261. The molecule has 72 valence electrons. The molecule has 0 aromatic carbocycles. The number of methoxy groups -OCH3 is 1. The Bertz CT molecular complexity index is 124. The predicted molar refractivity (Wildman–Crippen MR) is 48.1 cm³/mol. The van der Waals surface area contributed by atoms with Crippen molar-refractivity contribution in [3.05, 3.63) is 0 Å². The van der Waals surface area contributed by atoms with Crippen LogP contribution >= 0.6 is 0 Å². The fraction of sp³-hybridized carbons (Fsp3) is 1.00. The molecule has 1 rings (SSSR count). The molecular formula is C9H19NO2. The minimum atomic E-state index is -0.261. The van der Waals surface area contributed by atoms with Gasteiger partial charge in [0, 0.05) is 19.7 Å². The molecular weight excluding hydrogens is 154 g/mol. The van der Waals surface area contributed by atoms with Gasteiger partial charge in [0.05, 0.1) is 12.7 Å². The maximum absolute atomic E-state index is 9.07. The quantitative estimate of drug-likeness (QED) is 0.610. The van der Waals surface area contributed by atoms with Crippen LogP contribution in [0.15, 0.2) is 0 Å². The molecule has 0 spiro atoms. The highest BCUT2D eigenvalue weighted by Gasteiger charge is 2.30. The molecule has 1 aliphatic rings. The highest BCUT2D eigenvalue weighted by molar-refractivity contribution is 4.86. The summed E-state index contributed by atoms with van der Waals surface area (Å²) in [6.45, 7) is 3.23. The molecule has 0 radical (unpaired) electrons. The number of aliphatic hydroxyl groups is 1. The summed E-state index contributed by atoms with van der Waals surface area (Å²) in [6, 6.07) is 0.449. The number of aliphatic hydroxyl groups excluding tert-OH is 1. The maximum atomic E-state index is 9.07. The zero-order chi connectivity index (χ0) is 8.97. The van der Waals surface area contributed by atoms with Crippen LogP contribution in [0.4, 0.5) is 0 Å². The summed E-state index contributed by atoms with van der Waals surface area (Å²) in [7, 11) is 1.72. The second-order valence-electron chi connectivity index (χ2n) is 3.66. The minimum Gasteiger partial charge on any atom is -0.392 e. The van der Waals surface area contributed by atoms with Crippen LogP contribution in [-0.4, -0.2) is 37.5 Å². The molecule has 1 fully saturated rings. The standard InChI is InChI=1S/C9H19NO2/c1-7(11)5-10-9(6-12-2)8-3-4-8/h7-11H,3-6H2,1-2H3. The lowest BCUT2D eigenvalue weighted by Gasteiger charge is -2.18. The molecule has 0 aromatic heterocycles. The van der Waals surface area contributed by atoms with Crippen molar-refractivity contribution >= 4 is 0 Å². The third kappa shape index (κ3) is 3.52. The maximum Gasteiger partial charge on any atom is 0.0636 e. The van der Waals surface area contributed by atoms with E-state index in [2.05, 4.69) is 5.32 Å². The molecule has 0 aromatic rings. The van der Waals surface area contributed by atoms with Crippen molar-refractivity contribution in [3.8, 4) is 0 Å². The lowest BCUT2D eigenvalue weighted by Crippen LogP contribution is -2.39. The third-order valence-corrected chi connectivity index (χ3v) is 2.21.